The van der Waals surface area contributed by atoms with Crippen LogP contribution in [0.5, 0.6) is 5.75 Å². The van der Waals surface area contributed by atoms with Gasteiger partial charge in [-0.2, -0.15) is 0 Å². The van der Waals surface area contributed by atoms with Crippen molar-refractivity contribution < 1.29 is 14.3 Å². The molecule has 144 valence electrons. The highest BCUT2D eigenvalue weighted by Gasteiger charge is 2.15. The maximum Gasteiger partial charge on any atom is 0.239 e. The van der Waals surface area contributed by atoms with Gasteiger partial charge in [-0.05, 0) is 30.9 Å². The maximum absolute atomic E-state index is 11.9. The largest absolute Gasteiger partial charge is 0.489 e. The molecule has 0 aliphatic heterocycles. The Labute approximate surface area is 162 Å². The second kappa shape index (κ2) is 14.1. The fourth-order valence-corrected chi connectivity index (χ4v) is 2.71. The summed E-state index contributed by atoms with van der Waals surface area (Å²) in [4.78, 5) is 16.1. The molecule has 6 nitrogen and oxygen atoms in total. The zero-order chi connectivity index (χ0) is 16.3. The highest BCUT2D eigenvalue weighted by Crippen LogP contribution is 2.26. The molecule has 0 radical (unpaired) electrons. The van der Waals surface area contributed by atoms with Crippen molar-refractivity contribution in [2.45, 2.75) is 32.1 Å². The van der Waals surface area contributed by atoms with Gasteiger partial charge in [0.1, 0.15) is 0 Å². The number of carbonyl (C=O) groups excluding carboxylic acids is 1. The van der Waals surface area contributed by atoms with Gasteiger partial charge in [0.15, 0.2) is 11.6 Å². The van der Waals surface area contributed by atoms with Crippen LogP contribution in [0.25, 0.3) is 0 Å². The Bertz CT molecular complexity index is 486. The zero-order valence-corrected chi connectivity index (χ0v) is 16.3. The molecule has 8 heteroatoms. The number of anilines is 1. The molecular weight excluding hydrogens is 365 g/mol. The van der Waals surface area contributed by atoms with E-state index in [1.165, 1.54) is 32.1 Å². The molecule has 1 aromatic rings. The molecule has 0 atom stereocenters. The molecular formula is C17H29Cl2N3O3. The highest BCUT2D eigenvalue weighted by molar-refractivity contribution is 5.92. The molecule has 0 aromatic carbocycles. The fourth-order valence-electron chi connectivity index (χ4n) is 2.71. The van der Waals surface area contributed by atoms with E-state index in [2.05, 4.69) is 15.6 Å². The minimum atomic E-state index is -0.137. The predicted octanol–water partition coefficient (Wildman–Crippen LogP) is 3.06. The van der Waals surface area contributed by atoms with E-state index < -0.39 is 0 Å². The van der Waals surface area contributed by atoms with Crippen LogP contribution < -0.4 is 15.4 Å². The van der Waals surface area contributed by atoms with E-state index in [0.29, 0.717) is 37.2 Å². The van der Waals surface area contributed by atoms with Crippen molar-refractivity contribution in [3.63, 3.8) is 0 Å². The molecule has 0 unspecified atom stereocenters. The number of methoxy groups -OCH3 is 1. The monoisotopic (exact) mass is 393 g/mol. The van der Waals surface area contributed by atoms with Gasteiger partial charge >= 0.3 is 0 Å². The van der Waals surface area contributed by atoms with E-state index in [4.69, 9.17) is 9.47 Å². The molecule has 0 bridgehead atoms. The molecule has 25 heavy (non-hydrogen) atoms. The third-order valence-electron chi connectivity index (χ3n) is 4.00. The van der Waals surface area contributed by atoms with Crippen molar-refractivity contribution in [3.05, 3.63) is 18.3 Å². The number of hydrogen-bond donors (Lipinski definition) is 2. The van der Waals surface area contributed by atoms with E-state index in [1.54, 1.807) is 13.3 Å². The molecule has 1 heterocycles. The Morgan fingerprint density at radius 2 is 2.04 bits per heavy atom. The molecule has 2 rings (SSSR count). The van der Waals surface area contributed by atoms with Crippen molar-refractivity contribution >= 4 is 36.5 Å². The molecule has 2 N–H and O–H groups in total. The van der Waals surface area contributed by atoms with Gasteiger partial charge in [0.25, 0.3) is 0 Å². The summed E-state index contributed by atoms with van der Waals surface area (Å²) < 4.78 is 10.8. The van der Waals surface area contributed by atoms with Gasteiger partial charge in [0.2, 0.25) is 5.91 Å². The van der Waals surface area contributed by atoms with Gasteiger partial charge in [0, 0.05) is 19.9 Å². The Balaban J connectivity index is 0.00000288. The Morgan fingerprint density at radius 3 is 2.76 bits per heavy atom. The second-order valence-corrected chi connectivity index (χ2v) is 5.88. The number of rotatable bonds is 9. The third kappa shape index (κ3) is 9.26. The summed E-state index contributed by atoms with van der Waals surface area (Å²) in [5.41, 5.74) is 0. The van der Waals surface area contributed by atoms with Gasteiger partial charge in [-0.3, -0.25) is 4.79 Å². The summed E-state index contributed by atoms with van der Waals surface area (Å²) in [5.74, 6) is 1.61. The van der Waals surface area contributed by atoms with Crippen molar-refractivity contribution in [3.8, 4) is 5.75 Å². The lowest BCUT2D eigenvalue weighted by Gasteiger charge is -2.22. The van der Waals surface area contributed by atoms with Gasteiger partial charge in [-0.25, -0.2) is 4.98 Å². The molecule has 1 saturated carbocycles. The van der Waals surface area contributed by atoms with Crippen molar-refractivity contribution in [2.24, 2.45) is 5.92 Å². The number of nitrogens with one attached hydrogen (secondary N) is 2. The second-order valence-electron chi connectivity index (χ2n) is 5.88. The van der Waals surface area contributed by atoms with Gasteiger partial charge in [-0.15, -0.1) is 24.8 Å². The summed E-state index contributed by atoms with van der Waals surface area (Å²) in [7, 11) is 1.63. The maximum atomic E-state index is 11.9. The summed E-state index contributed by atoms with van der Waals surface area (Å²) in [6.45, 7) is 2.13. The van der Waals surface area contributed by atoms with Crippen LogP contribution >= 0.6 is 24.8 Å². The molecule has 1 aliphatic carbocycles. The van der Waals surface area contributed by atoms with Gasteiger partial charge < -0.3 is 20.1 Å². The molecule has 0 saturated heterocycles. The van der Waals surface area contributed by atoms with E-state index in [-0.39, 0.29) is 37.3 Å². The smallest absolute Gasteiger partial charge is 0.239 e. The first-order chi connectivity index (χ1) is 11.3. The quantitative estimate of drug-likeness (QED) is 0.630. The van der Waals surface area contributed by atoms with Crippen molar-refractivity contribution in [1.82, 2.24) is 10.3 Å². The van der Waals surface area contributed by atoms with Crippen LogP contribution in [0.1, 0.15) is 32.1 Å². The van der Waals surface area contributed by atoms with Crippen LogP contribution in [-0.2, 0) is 9.53 Å². The summed E-state index contributed by atoms with van der Waals surface area (Å²) in [5, 5.41) is 5.80. The predicted molar refractivity (Wildman–Crippen MR) is 104 cm³/mol. The van der Waals surface area contributed by atoms with Gasteiger partial charge in [0.05, 0.1) is 19.8 Å². The van der Waals surface area contributed by atoms with Crippen LogP contribution in [0.15, 0.2) is 18.3 Å². The van der Waals surface area contributed by atoms with Gasteiger partial charge in [-0.1, -0.05) is 19.3 Å². The lowest BCUT2D eigenvalue weighted by molar-refractivity contribution is -0.115. The molecule has 1 amide bonds. The number of ether oxygens (including phenoxy) is 2. The lowest BCUT2D eigenvalue weighted by atomic mass is 9.90. The Morgan fingerprint density at radius 1 is 1.28 bits per heavy atom. The molecule has 1 aromatic heterocycles. The number of halogens is 2. The number of hydrogen-bond acceptors (Lipinski definition) is 5. The van der Waals surface area contributed by atoms with E-state index >= 15 is 0 Å². The highest BCUT2D eigenvalue weighted by atomic mass is 35.5. The number of carbonyl (C=O) groups is 1. The van der Waals surface area contributed by atoms with Crippen LogP contribution in [0.2, 0.25) is 0 Å². The number of nitrogens with zero attached hydrogens (tertiary/aromatic N) is 1. The zero-order valence-electron chi connectivity index (χ0n) is 14.7. The van der Waals surface area contributed by atoms with Crippen LogP contribution in [0.3, 0.4) is 0 Å². The standard InChI is InChI=1S/C17H27N3O3.2ClH/c1-22-11-10-18-12-16(21)20-17-15(8-5-9-19-17)23-13-14-6-3-2-4-7-14;;/h5,8-9,14,18H,2-4,6-7,10-13H2,1H3,(H,19,20,21);2*1H. The topological polar surface area (TPSA) is 72.5 Å². The first kappa shape index (κ1) is 23.9. The number of aromatic nitrogens is 1. The summed E-state index contributed by atoms with van der Waals surface area (Å²) >= 11 is 0. The van der Waals surface area contributed by atoms with E-state index in [1.807, 2.05) is 12.1 Å². The SMILES string of the molecule is COCCNCC(=O)Nc1ncccc1OCC1CCCCC1.Cl.Cl. The van der Waals surface area contributed by atoms with Crippen molar-refractivity contribution in [2.75, 3.05) is 38.7 Å². The Hall–Kier alpha value is -1.08. The van der Waals surface area contributed by atoms with E-state index in [0.717, 1.165) is 0 Å². The number of pyridine rings is 1. The molecule has 1 fully saturated rings. The summed E-state index contributed by atoms with van der Waals surface area (Å²) in [6, 6.07) is 3.67. The van der Waals surface area contributed by atoms with E-state index in [9.17, 15) is 4.79 Å². The van der Waals surface area contributed by atoms with Crippen molar-refractivity contribution in [1.29, 1.82) is 0 Å². The molecule has 0 spiro atoms. The fraction of sp³-hybridized carbons (Fsp3) is 0.647. The average Bonchev–Trinajstić information content (AvgIpc) is 2.59. The Kier molecular flexibility index (Phi) is 13.5. The first-order valence-corrected chi connectivity index (χ1v) is 8.37. The normalized spacial score (nSPS) is 14.1. The lowest BCUT2D eigenvalue weighted by Crippen LogP contribution is -2.30. The minimum absolute atomic E-state index is 0. The third-order valence-corrected chi connectivity index (χ3v) is 4.00. The molecule has 1 aliphatic rings. The first-order valence-electron chi connectivity index (χ1n) is 8.37. The minimum Gasteiger partial charge on any atom is -0.489 e. The van der Waals surface area contributed by atoms with Crippen LogP contribution in [0, 0.1) is 5.92 Å². The van der Waals surface area contributed by atoms with Crippen LogP contribution in [0.4, 0.5) is 5.82 Å². The summed E-state index contributed by atoms with van der Waals surface area (Å²) in [6.07, 6.45) is 8.02. The average molecular weight is 394 g/mol. The number of amides is 1. The van der Waals surface area contributed by atoms with Crippen LogP contribution in [-0.4, -0.2) is 44.3 Å².